The van der Waals surface area contributed by atoms with Crippen LogP contribution in [0.15, 0.2) is 40.3 Å². The van der Waals surface area contributed by atoms with E-state index in [4.69, 9.17) is 11.5 Å². The highest BCUT2D eigenvalue weighted by Gasteiger charge is 2.11. The Morgan fingerprint density at radius 2 is 1.67 bits per heavy atom. The van der Waals surface area contributed by atoms with E-state index in [-0.39, 0.29) is 5.96 Å². The van der Waals surface area contributed by atoms with Crippen LogP contribution in [-0.4, -0.2) is 36.5 Å². The van der Waals surface area contributed by atoms with Crippen molar-refractivity contribution < 1.29 is 0 Å². The summed E-state index contributed by atoms with van der Waals surface area (Å²) in [7, 11) is 0. The molecule has 2 rings (SSSR count). The molecule has 0 amide bonds. The summed E-state index contributed by atoms with van der Waals surface area (Å²) in [5.74, 6) is 0.769. The zero-order valence-corrected chi connectivity index (χ0v) is 12.5. The third kappa shape index (κ3) is 5.45. The van der Waals surface area contributed by atoms with Gasteiger partial charge < -0.3 is 16.4 Å². The molecule has 1 fully saturated rings. The molecule has 4 N–H and O–H groups in total. The smallest absolute Gasteiger partial charge is 0.218 e. The van der Waals surface area contributed by atoms with Crippen molar-refractivity contribution in [3.8, 4) is 0 Å². The van der Waals surface area contributed by atoms with Crippen LogP contribution in [0.25, 0.3) is 0 Å². The van der Waals surface area contributed by atoms with E-state index in [1.807, 2.05) is 18.2 Å². The van der Waals surface area contributed by atoms with Crippen molar-refractivity contribution in [3.63, 3.8) is 0 Å². The normalized spacial score (nSPS) is 17.6. The molecule has 1 saturated heterocycles. The van der Waals surface area contributed by atoms with Gasteiger partial charge in [0.25, 0.3) is 0 Å². The van der Waals surface area contributed by atoms with E-state index in [1.165, 1.54) is 31.2 Å². The fourth-order valence-electron chi connectivity index (χ4n) is 2.47. The van der Waals surface area contributed by atoms with Crippen molar-refractivity contribution in [2.24, 2.45) is 21.5 Å². The van der Waals surface area contributed by atoms with Crippen molar-refractivity contribution in [1.82, 2.24) is 4.90 Å². The molecule has 5 nitrogen and oxygen atoms in total. The van der Waals surface area contributed by atoms with Crippen LogP contribution in [0.4, 0.5) is 0 Å². The number of hydrogen-bond donors (Lipinski definition) is 2. The first-order valence-electron chi connectivity index (χ1n) is 7.68. The largest absolute Gasteiger partial charge is 0.369 e. The van der Waals surface area contributed by atoms with E-state index in [0.29, 0.717) is 12.5 Å². The van der Waals surface area contributed by atoms with Gasteiger partial charge in [0.1, 0.15) is 0 Å². The summed E-state index contributed by atoms with van der Waals surface area (Å²) in [6, 6.07) is 10.2. The van der Waals surface area contributed by atoms with Gasteiger partial charge in [0.2, 0.25) is 5.96 Å². The van der Waals surface area contributed by atoms with Gasteiger partial charge in [-0.05, 0) is 24.8 Å². The Morgan fingerprint density at radius 3 is 2.33 bits per heavy atom. The zero-order chi connectivity index (χ0) is 14.9. The Kier molecular flexibility index (Phi) is 6.06. The summed E-state index contributed by atoms with van der Waals surface area (Å²) in [6.45, 7) is 2.56. The lowest BCUT2D eigenvalue weighted by Crippen LogP contribution is -2.39. The predicted molar refractivity (Wildman–Crippen MR) is 88.3 cm³/mol. The van der Waals surface area contributed by atoms with Crippen LogP contribution < -0.4 is 11.5 Å². The molecule has 0 atom stereocenters. The number of guanidine groups is 2. The molecule has 114 valence electrons. The lowest BCUT2D eigenvalue weighted by molar-refractivity contribution is 0.431. The zero-order valence-electron chi connectivity index (χ0n) is 12.5. The predicted octanol–water partition coefficient (Wildman–Crippen LogP) is 1.73. The first-order valence-corrected chi connectivity index (χ1v) is 7.68. The minimum atomic E-state index is 0.271. The highest BCUT2D eigenvalue weighted by molar-refractivity contribution is 5.93. The molecule has 0 saturated carbocycles. The van der Waals surface area contributed by atoms with Crippen LogP contribution in [0.3, 0.4) is 0 Å². The van der Waals surface area contributed by atoms with Crippen LogP contribution in [0.5, 0.6) is 0 Å². The fraction of sp³-hybridized carbons (Fsp3) is 0.500. The molecule has 0 unspecified atom stereocenters. The van der Waals surface area contributed by atoms with Crippen molar-refractivity contribution in [2.45, 2.75) is 32.1 Å². The van der Waals surface area contributed by atoms with Crippen LogP contribution >= 0.6 is 0 Å². The van der Waals surface area contributed by atoms with Crippen LogP contribution in [-0.2, 0) is 6.42 Å². The maximum atomic E-state index is 6.02. The van der Waals surface area contributed by atoms with Crippen molar-refractivity contribution in [2.75, 3.05) is 19.6 Å². The molecule has 0 aromatic heterocycles. The molecular weight excluding hydrogens is 262 g/mol. The molecule has 0 aliphatic carbocycles. The Balaban J connectivity index is 1.84. The van der Waals surface area contributed by atoms with Crippen LogP contribution in [0.1, 0.15) is 31.2 Å². The molecule has 21 heavy (non-hydrogen) atoms. The third-order valence-electron chi connectivity index (χ3n) is 3.68. The van der Waals surface area contributed by atoms with Gasteiger partial charge in [0, 0.05) is 19.6 Å². The van der Waals surface area contributed by atoms with Crippen molar-refractivity contribution in [3.05, 3.63) is 35.9 Å². The maximum absolute atomic E-state index is 6.02. The van der Waals surface area contributed by atoms with Gasteiger partial charge in [-0.1, -0.05) is 43.2 Å². The second-order valence-electron chi connectivity index (χ2n) is 5.35. The first kappa shape index (κ1) is 15.4. The highest BCUT2D eigenvalue weighted by atomic mass is 15.3. The monoisotopic (exact) mass is 287 g/mol. The standard InChI is InChI=1S/C16H25N5/c17-15(19-11-10-14-8-4-3-5-9-14)20-16(18)21-12-6-1-2-7-13-21/h3-5,8-9H,1-2,6-7,10-13H2,(H4,17,18,19,20). The van der Waals surface area contributed by atoms with E-state index >= 15 is 0 Å². The SMILES string of the molecule is NC(=NCCc1ccccc1)N=C(N)N1CCCCCC1. The Hall–Kier alpha value is -2.04. The number of nitrogens with zero attached hydrogens (tertiary/aromatic N) is 3. The summed E-state index contributed by atoms with van der Waals surface area (Å²) in [4.78, 5) is 10.6. The Labute approximate surface area is 126 Å². The topological polar surface area (TPSA) is 80.0 Å². The second kappa shape index (κ2) is 8.29. The van der Waals surface area contributed by atoms with Gasteiger partial charge in [0.05, 0.1) is 0 Å². The third-order valence-corrected chi connectivity index (χ3v) is 3.68. The number of rotatable bonds is 3. The lowest BCUT2D eigenvalue weighted by Gasteiger charge is -2.20. The van der Waals surface area contributed by atoms with Gasteiger partial charge in [0.15, 0.2) is 5.96 Å². The van der Waals surface area contributed by atoms with Crippen molar-refractivity contribution >= 4 is 11.9 Å². The van der Waals surface area contributed by atoms with Gasteiger partial charge in [-0.3, -0.25) is 4.99 Å². The van der Waals surface area contributed by atoms with E-state index in [9.17, 15) is 0 Å². The number of likely N-dealkylation sites (tertiary alicyclic amines) is 1. The number of nitrogens with two attached hydrogens (primary N) is 2. The molecule has 1 aliphatic rings. The Bertz CT molecular complexity index is 473. The molecule has 1 aromatic rings. The molecule has 0 bridgehead atoms. The minimum absolute atomic E-state index is 0.271. The van der Waals surface area contributed by atoms with Crippen LogP contribution in [0, 0.1) is 0 Å². The molecular formula is C16H25N5. The minimum Gasteiger partial charge on any atom is -0.369 e. The average molecular weight is 287 g/mol. The molecule has 1 aliphatic heterocycles. The molecule has 0 spiro atoms. The maximum Gasteiger partial charge on any atom is 0.218 e. The summed E-state index contributed by atoms with van der Waals surface area (Å²) in [5.41, 5.74) is 13.1. The van der Waals surface area contributed by atoms with E-state index < -0.39 is 0 Å². The average Bonchev–Trinajstić information content (AvgIpc) is 2.77. The van der Waals surface area contributed by atoms with Crippen LogP contribution in [0.2, 0.25) is 0 Å². The second-order valence-corrected chi connectivity index (χ2v) is 5.35. The summed E-state index contributed by atoms with van der Waals surface area (Å²) < 4.78 is 0. The number of aliphatic imine (C=N–C) groups is 2. The lowest BCUT2D eigenvalue weighted by atomic mass is 10.2. The van der Waals surface area contributed by atoms with Crippen molar-refractivity contribution in [1.29, 1.82) is 0 Å². The molecule has 0 radical (unpaired) electrons. The molecule has 1 heterocycles. The summed E-state index contributed by atoms with van der Waals surface area (Å²) in [6.07, 6.45) is 5.73. The quantitative estimate of drug-likeness (QED) is 0.656. The fourth-order valence-corrected chi connectivity index (χ4v) is 2.47. The molecule has 5 heteroatoms. The number of hydrogen-bond acceptors (Lipinski definition) is 1. The van der Waals surface area contributed by atoms with Gasteiger partial charge >= 0.3 is 0 Å². The van der Waals surface area contributed by atoms with Gasteiger partial charge in [-0.25, -0.2) is 0 Å². The van der Waals surface area contributed by atoms with Gasteiger partial charge in [-0.2, -0.15) is 4.99 Å². The highest BCUT2D eigenvalue weighted by Crippen LogP contribution is 2.09. The van der Waals surface area contributed by atoms with Gasteiger partial charge in [-0.15, -0.1) is 0 Å². The summed E-state index contributed by atoms with van der Waals surface area (Å²) in [5, 5.41) is 0. The summed E-state index contributed by atoms with van der Waals surface area (Å²) >= 11 is 0. The van der Waals surface area contributed by atoms with E-state index in [0.717, 1.165) is 19.5 Å². The Morgan fingerprint density at radius 1 is 1.00 bits per heavy atom. The number of benzene rings is 1. The van der Waals surface area contributed by atoms with E-state index in [1.54, 1.807) is 0 Å². The van der Waals surface area contributed by atoms with E-state index in [2.05, 4.69) is 27.0 Å². The molecule has 1 aromatic carbocycles. The first-order chi connectivity index (χ1) is 10.3.